The van der Waals surface area contributed by atoms with Crippen LogP contribution in [0.3, 0.4) is 0 Å². The molecule has 5 nitrogen and oxygen atoms in total. The summed E-state index contributed by atoms with van der Waals surface area (Å²) in [6.45, 7) is 1.92. The molecule has 4 aliphatic carbocycles. The van der Waals surface area contributed by atoms with Crippen LogP contribution >= 0.6 is 0 Å². The fourth-order valence-electron chi connectivity index (χ4n) is 5.12. The smallest absolute Gasteiger partial charge is 0.416 e. The maximum Gasteiger partial charge on any atom is 0.416 e. The highest BCUT2D eigenvalue weighted by molar-refractivity contribution is 6.26. The molecule has 0 saturated heterocycles. The first-order chi connectivity index (χ1) is 16.2. The monoisotopic (exact) mass is 467 g/mol. The third-order valence-corrected chi connectivity index (χ3v) is 6.77. The molecule has 0 amide bonds. The van der Waals surface area contributed by atoms with Gasteiger partial charge < -0.3 is 9.84 Å². The van der Waals surface area contributed by atoms with Crippen LogP contribution < -0.4 is 4.74 Å². The van der Waals surface area contributed by atoms with Crippen LogP contribution in [0.15, 0.2) is 70.6 Å². The molecule has 2 atom stereocenters. The number of fused-ring (bicyclic) bond motifs is 2. The van der Waals surface area contributed by atoms with Gasteiger partial charge in [0.15, 0.2) is 17.2 Å². The summed E-state index contributed by atoms with van der Waals surface area (Å²) in [4.78, 5) is 24.6. The van der Waals surface area contributed by atoms with Gasteiger partial charge in [-0.25, -0.2) is 0 Å². The molecule has 2 aromatic carbocycles. The number of Topliss-reactive ketones (excluding diaryl/α,β-unsaturated/α-hetero) is 1. The Labute approximate surface area is 193 Å². The molecule has 2 unspecified atom stereocenters. The maximum absolute atomic E-state index is 13.4. The molecular formula is C26H20F3NO4. The van der Waals surface area contributed by atoms with Gasteiger partial charge in [-0.05, 0) is 65.9 Å². The van der Waals surface area contributed by atoms with E-state index in [2.05, 4.69) is 5.18 Å². The average molecular weight is 467 g/mol. The molecule has 8 heteroatoms. The van der Waals surface area contributed by atoms with Crippen molar-refractivity contribution < 1.29 is 27.8 Å². The first kappa shape index (κ1) is 22.1. The summed E-state index contributed by atoms with van der Waals surface area (Å²) >= 11 is 0. The van der Waals surface area contributed by atoms with Crippen molar-refractivity contribution in [2.45, 2.75) is 32.4 Å². The number of alkyl halides is 3. The largest absolute Gasteiger partial charge is 0.511 e. The van der Waals surface area contributed by atoms with Crippen LogP contribution in [-0.4, -0.2) is 10.9 Å². The third-order valence-electron chi connectivity index (χ3n) is 6.77. The molecule has 34 heavy (non-hydrogen) atoms. The van der Waals surface area contributed by atoms with Crippen molar-refractivity contribution in [3.05, 3.63) is 87.1 Å². The van der Waals surface area contributed by atoms with E-state index in [9.17, 15) is 28.0 Å². The first-order valence-electron chi connectivity index (χ1n) is 11.0. The van der Waals surface area contributed by atoms with Crippen molar-refractivity contribution in [2.75, 3.05) is 0 Å². The predicted octanol–water partition coefficient (Wildman–Crippen LogP) is 7.20. The van der Waals surface area contributed by atoms with Gasteiger partial charge in [-0.2, -0.15) is 13.2 Å². The quantitative estimate of drug-likeness (QED) is 0.472. The number of nitrogens with zero attached hydrogens (tertiary/aromatic N) is 1. The molecule has 0 aromatic heterocycles. The van der Waals surface area contributed by atoms with E-state index in [-0.39, 0.29) is 40.5 Å². The number of ether oxygens (including phenoxy) is 1. The Morgan fingerprint density at radius 2 is 1.76 bits per heavy atom. The molecule has 0 spiro atoms. The third kappa shape index (κ3) is 3.45. The van der Waals surface area contributed by atoms with Crippen LogP contribution in [0.4, 0.5) is 18.9 Å². The minimum atomic E-state index is -4.62. The van der Waals surface area contributed by atoms with Gasteiger partial charge in [0, 0.05) is 0 Å². The molecule has 1 saturated carbocycles. The Hall–Kier alpha value is -3.68. The number of allylic oxidation sites excluding steroid dienone is 5. The number of carbonyl (C=O) groups excluding carboxylic acids is 1. The lowest BCUT2D eigenvalue weighted by Gasteiger charge is -2.33. The molecule has 6 rings (SSSR count). The SMILES string of the molecule is CCc1ccc(Oc2ccc(C(F)(F)F)cc2N=O)cc1C1=C(O)C2C3=CC=C(CC3)C2C1=O. The van der Waals surface area contributed by atoms with E-state index < -0.39 is 17.4 Å². The van der Waals surface area contributed by atoms with Crippen LogP contribution in [0.2, 0.25) is 0 Å². The minimum absolute atomic E-state index is 0.0446. The van der Waals surface area contributed by atoms with E-state index in [1.54, 1.807) is 18.2 Å². The van der Waals surface area contributed by atoms with Gasteiger partial charge in [0.25, 0.3) is 0 Å². The summed E-state index contributed by atoms with van der Waals surface area (Å²) in [5.41, 5.74) is 2.14. The highest BCUT2D eigenvalue weighted by Crippen LogP contribution is 2.53. The summed E-state index contributed by atoms with van der Waals surface area (Å²) in [6.07, 6.45) is 1.52. The van der Waals surface area contributed by atoms with Gasteiger partial charge in [-0.3, -0.25) is 4.79 Å². The fourth-order valence-corrected chi connectivity index (χ4v) is 5.12. The van der Waals surface area contributed by atoms with Crippen molar-refractivity contribution in [1.29, 1.82) is 0 Å². The minimum Gasteiger partial charge on any atom is -0.511 e. The van der Waals surface area contributed by atoms with Gasteiger partial charge >= 0.3 is 6.18 Å². The van der Waals surface area contributed by atoms with E-state index in [0.29, 0.717) is 18.1 Å². The highest BCUT2D eigenvalue weighted by atomic mass is 19.4. The Kier molecular flexibility index (Phi) is 5.19. The summed E-state index contributed by atoms with van der Waals surface area (Å²) in [5.74, 6) is -0.763. The first-order valence-corrected chi connectivity index (χ1v) is 11.0. The summed E-state index contributed by atoms with van der Waals surface area (Å²) in [7, 11) is 0. The van der Waals surface area contributed by atoms with Crippen LogP contribution in [0.1, 0.15) is 36.5 Å². The number of carbonyl (C=O) groups is 1. The Balaban J connectivity index is 1.54. The number of aliphatic hydroxyl groups is 1. The fraction of sp³-hybridized carbons (Fsp3) is 0.269. The topological polar surface area (TPSA) is 76.0 Å². The molecule has 2 aromatic rings. The Bertz CT molecular complexity index is 1320. The zero-order valence-electron chi connectivity index (χ0n) is 18.1. The van der Waals surface area contributed by atoms with Gasteiger partial charge in [-0.1, -0.05) is 36.3 Å². The Morgan fingerprint density at radius 3 is 2.35 bits per heavy atom. The number of benzene rings is 2. The van der Waals surface area contributed by atoms with E-state index in [4.69, 9.17) is 4.74 Å². The van der Waals surface area contributed by atoms with Gasteiger partial charge in [0.2, 0.25) is 0 Å². The average Bonchev–Trinajstić information content (AvgIpc) is 3.11. The van der Waals surface area contributed by atoms with E-state index in [1.165, 1.54) is 0 Å². The highest BCUT2D eigenvalue weighted by Gasteiger charge is 2.49. The molecule has 0 heterocycles. The summed E-state index contributed by atoms with van der Waals surface area (Å²) < 4.78 is 44.6. The van der Waals surface area contributed by atoms with Crippen LogP contribution in [0.25, 0.3) is 5.57 Å². The van der Waals surface area contributed by atoms with E-state index in [1.807, 2.05) is 19.1 Å². The zero-order chi connectivity index (χ0) is 24.2. The second-order valence-electron chi connectivity index (χ2n) is 8.61. The van der Waals surface area contributed by atoms with Crippen molar-refractivity contribution in [2.24, 2.45) is 17.0 Å². The van der Waals surface area contributed by atoms with Crippen LogP contribution in [-0.2, 0) is 17.4 Å². The summed E-state index contributed by atoms with van der Waals surface area (Å²) in [6, 6.07) is 7.40. The number of hydrogen-bond donors (Lipinski definition) is 1. The van der Waals surface area contributed by atoms with Crippen molar-refractivity contribution >= 4 is 17.0 Å². The van der Waals surface area contributed by atoms with Crippen molar-refractivity contribution in [1.82, 2.24) is 0 Å². The molecule has 0 radical (unpaired) electrons. The van der Waals surface area contributed by atoms with Crippen LogP contribution in [0.5, 0.6) is 11.5 Å². The van der Waals surface area contributed by atoms with Gasteiger partial charge in [0.05, 0.1) is 23.0 Å². The number of nitroso groups, excluding NO2 is 1. The number of hydrogen-bond acceptors (Lipinski definition) is 5. The van der Waals surface area contributed by atoms with Crippen molar-refractivity contribution in [3.8, 4) is 11.5 Å². The van der Waals surface area contributed by atoms with Crippen LogP contribution in [0, 0.1) is 16.7 Å². The lowest BCUT2D eigenvalue weighted by molar-refractivity contribution is -0.137. The number of aryl methyl sites for hydroxylation is 1. The molecule has 2 bridgehead atoms. The van der Waals surface area contributed by atoms with Gasteiger partial charge in [-0.15, -0.1) is 4.91 Å². The molecular weight excluding hydrogens is 447 g/mol. The van der Waals surface area contributed by atoms with Crippen molar-refractivity contribution in [3.63, 3.8) is 0 Å². The second-order valence-corrected chi connectivity index (χ2v) is 8.61. The summed E-state index contributed by atoms with van der Waals surface area (Å²) in [5, 5.41) is 13.8. The number of halogens is 3. The number of ketones is 1. The molecule has 1 fully saturated rings. The molecule has 174 valence electrons. The molecule has 4 aliphatic rings. The number of aliphatic hydroxyl groups excluding tert-OH is 1. The van der Waals surface area contributed by atoms with Gasteiger partial charge in [0.1, 0.15) is 11.5 Å². The molecule has 1 N–H and O–H groups in total. The number of rotatable bonds is 5. The molecule has 0 aliphatic heterocycles. The zero-order valence-corrected chi connectivity index (χ0v) is 18.1. The van der Waals surface area contributed by atoms with E-state index in [0.717, 1.165) is 41.7 Å². The standard InChI is InChI=1S/C26H20F3NO4/c1-2-13-7-9-17(34-20-10-8-16(26(27,28)29)11-19(20)30-33)12-18(13)23-24(31)21-14-3-4-15(6-5-14)22(21)25(23)32/h3-4,7-12,21-22,31H,2,5-6H2,1H3. The second kappa shape index (κ2) is 7.97. The lowest BCUT2D eigenvalue weighted by atomic mass is 9.70. The Morgan fingerprint density at radius 1 is 1.06 bits per heavy atom. The maximum atomic E-state index is 13.4. The normalized spacial score (nSPS) is 21.4. The lowest BCUT2D eigenvalue weighted by Crippen LogP contribution is -2.28. The van der Waals surface area contributed by atoms with E-state index >= 15 is 0 Å². The predicted molar refractivity (Wildman–Crippen MR) is 120 cm³/mol.